The number of carbonyl (C=O) groups excluding carboxylic acids is 1. The lowest BCUT2D eigenvalue weighted by Gasteiger charge is -2.31. The van der Waals surface area contributed by atoms with E-state index < -0.39 is 0 Å². The fourth-order valence-corrected chi connectivity index (χ4v) is 5.69. The summed E-state index contributed by atoms with van der Waals surface area (Å²) in [7, 11) is 0. The summed E-state index contributed by atoms with van der Waals surface area (Å²) in [4.78, 5) is 21.2. The van der Waals surface area contributed by atoms with Crippen LogP contribution in [0, 0.1) is 0 Å². The van der Waals surface area contributed by atoms with E-state index in [9.17, 15) is 4.79 Å². The van der Waals surface area contributed by atoms with E-state index in [-0.39, 0.29) is 5.91 Å². The minimum atomic E-state index is 0.157. The van der Waals surface area contributed by atoms with Crippen LogP contribution in [0.4, 0.5) is 0 Å². The van der Waals surface area contributed by atoms with Gasteiger partial charge >= 0.3 is 0 Å². The fourth-order valence-electron chi connectivity index (χ4n) is 4.31. The van der Waals surface area contributed by atoms with Crippen molar-refractivity contribution in [2.45, 2.75) is 76.3 Å². The topological polar surface area (TPSA) is 32.7 Å². The molecule has 1 saturated heterocycles. The molecule has 0 aromatic heterocycles. The third-order valence-corrected chi connectivity index (χ3v) is 7.34. The van der Waals surface area contributed by atoms with Crippen LogP contribution in [0.15, 0.2) is 38.6 Å². The van der Waals surface area contributed by atoms with Crippen molar-refractivity contribution in [3.63, 3.8) is 0 Å². The van der Waals surface area contributed by atoms with Crippen molar-refractivity contribution in [1.82, 2.24) is 4.90 Å². The summed E-state index contributed by atoms with van der Waals surface area (Å²) in [5.74, 6) is 0.157. The van der Waals surface area contributed by atoms with Crippen molar-refractivity contribution in [2.75, 3.05) is 0 Å². The third kappa shape index (κ3) is 4.68. The lowest BCUT2D eigenvalue weighted by atomic mass is 9.94. The maximum atomic E-state index is 13.3. The first-order valence-electron chi connectivity index (χ1n) is 10.3. The Kier molecular flexibility index (Phi) is 6.39. The van der Waals surface area contributed by atoms with E-state index in [0.717, 1.165) is 33.0 Å². The van der Waals surface area contributed by atoms with Crippen molar-refractivity contribution >= 4 is 44.8 Å². The number of amides is 1. The Hall–Kier alpha value is -1.07. The van der Waals surface area contributed by atoms with Crippen LogP contribution in [0.5, 0.6) is 0 Å². The number of rotatable bonds is 3. The molecule has 0 spiro atoms. The van der Waals surface area contributed by atoms with E-state index in [4.69, 9.17) is 4.99 Å². The van der Waals surface area contributed by atoms with Crippen LogP contribution in [-0.4, -0.2) is 28.1 Å². The zero-order valence-electron chi connectivity index (χ0n) is 15.7. The molecule has 1 aromatic rings. The molecule has 0 bridgehead atoms. The van der Waals surface area contributed by atoms with E-state index in [1.165, 1.54) is 51.4 Å². The molecule has 1 amide bonds. The number of hydrogen-bond acceptors (Lipinski definition) is 3. The highest BCUT2D eigenvalue weighted by atomic mass is 79.9. The number of aliphatic imine (C=N–C) groups is 1. The zero-order chi connectivity index (χ0) is 18.6. The predicted octanol–water partition coefficient (Wildman–Crippen LogP) is 6.39. The molecule has 27 heavy (non-hydrogen) atoms. The highest BCUT2D eigenvalue weighted by Crippen LogP contribution is 2.38. The molecule has 0 radical (unpaired) electrons. The molecule has 5 heteroatoms. The van der Waals surface area contributed by atoms with E-state index in [1.807, 2.05) is 35.2 Å². The Labute approximate surface area is 174 Å². The van der Waals surface area contributed by atoms with E-state index in [0.29, 0.717) is 12.1 Å². The first-order chi connectivity index (χ1) is 13.2. The molecule has 3 fully saturated rings. The predicted molar refractivity (Wildman–Crippen MR) is 118 cm³/mol. The molecule has 0 atom stereocenters. The lowest BCUT2D eigenvalue weighted by molar-refractivity contribution is -0.124. The molecule has 3 nitrogen and oxygen atoms in total. The quantitative estimate of drug-likeness (QED) is 0.503. The van der Waals surface area contributed by atoms with Crippen molar-refractivity contribution in [3.8, 4) is 0 Å². The minimum Gasteiger partial charge on any atom is -0.284 e. The molecular formula is C22H27BrN2OS. The molecule has 2 saturated carbocycles. The van der Waals surface area contributed by atoms with Gasteiger partial charge in [-0.05, 0) is 61.2 Å². The van der Waals surface area contributed by atoms with Gasteiger partial charge < -0.3 is 0 Å². The SMILES string of the molecule is O=C1C(=Cc2ccc(Br)cc2)SC(=NC2CCCCC2)N1C1CCCCC1. The van der Waals surface area contributed by atoms with Gasteiger partial charge in [-0.2, -0.15) is 0 Å². The second-order valence-electron chi connectivity index (χ2n) is 7.83. The summed E-state index contributed by atoms with van der Waals surface area (Å²) in [6, 6.07) is 8.86. The first kappa shape index (κ1) is 19.3. The molecule has 1 aliphatic heterocycles. The van der Waals surface area contributed by atoms with Gasteiger partial charge in [0, 0.05) is 10.5 Å². The Balaban J connectivity index is 1.61. The van der Waals surface area contributed by atoms with Crippen LogP contribution < -0.4 is 0 Å². The zero-order valence-corrected chi connectivity index (χ0v) is 18.1. The molecule has 0 N–H and O–H groups in total. The van der Waals surface area contributed by atoms with Gasteiger partial charge in [-0.3, -0.25) is 14.7 Å². The Bertz CT molecular complexity index is 731. The van der Waals surface area contributed by atoms with Crippen LogP contribution in [0.1, 0.15) is 69.8 Å². The van der Waals surface area contributed by atoms with Gasteiger partial charge in [0.2, 0.25) is 0 Å². The van der Waals surface area contributed by atoms with E-state index >= 15 is 0 Å². The van der Waals surface area contributed by atoms with Crippen molar-refractivity contribution in [2.24, 2.45) is 4.99 Å². The summed E-state index contributed by atoms with van der Waals surface area (Å²) < 4.78 is 1.05. The van der Waals surface area contributed by atoms with Crippen molar-refractivity contribution < 1.29 is 4.79 Å². The minimum absolute atomic E-state index is 0.157. The maximum absolute atomic E-state index is 13.3. The second kappa shape index (κ2) is 8.95. The van der Waals surface area contributed by atoms with Gasteiger partial charge in [0.25, 0.3) is 5.91 Å². The number of halogens is 1. The number of hydrogen-bond donors (Lipinski definition) is 0. The van der Waals surface area contributed by atoms with Gasteiger partial charge in [0.05, 0.1) is 10.9 Å². The normalized spacial score (nSPS) is 25.7. The highest BCUT2D eigenvalue weighted by Gasteiger charge is 2.39. The first-order valence-corrected chi connectivity index (χ1v) is 11.9. The number of nitrogens with zero attached hydrogens (tertiary/aromatic N) is 2. The van der Waals surface area contributed by atoms with Crippen LogP contribution in [-0.2, 0) is 4.79 Å². The molecule has 0 unspecified atom stereocenters. The molecule has 4 rings (SSSR count). The number of benzene rings is 1. The Morgan fingerprint density at radius 1 is 0.963 bits per heavy atom. The summed E-state index contributed by atoms with van der Waals surface area (Å²) in [6.07, 6.45) is 14.2. The highest BCUT2D eigenvalue weighted by molar-refractivity contribution is 9.10. The van der Waals surface area contributed by atoms with Crippen molar-refractivity contribution in [3.05, 3.63) is 39.2 Å². The summed E-state index contributed by atoms with van der Waals surface area (Å²) in [5, 5.41) is 0.960. The average Bonchev–Trinajstić information content (AvgIpc) is 3.00. The van der Waals surface area contributed by atoms with Gasteiger partial charge in [0.15, 0.2) is 5.17 Å². The molecule has 3 aliphatic rings. The van der Waals surface area contributed by atoms with E-state index in [1.54, 1.807) is 11.8 Å². The van der Waals surface area contributed by atoms with Gasteiger partial charge in [-0.15, -0.1) is 0 Å². The van der Waals surface area contributed by atoms with Gasteiger partial charge in [0.1, 0.15) is 0 Å². The summed E-state index contributed by atoms with van der Waals surface area (Å²) >= 11 is 5.07. The fraction of sp³-hybridized carbons (Fsp3) is 0.545. The molecule has 1 heterocycles. The number of amidine groups is 1. The number of carbonyl (C=O) groups is 1. The molecule has 1 aromatic carbocycles. The van der Waals surface area contributed by atoms with Gasteiger partial charge in [-0.1, -0.05) is 66.6 Å². The Morgan fingerprint density at radius 3 is 2.26 bits per heavy atom. The number of thioether (sulfide) groups is 1. The van der Waals surface area contributed by atoms with Crippen LogP contribution in [0.2, 0.25) is 0 Å². The smallest absolute Gasteiger partial charge is 0.266 e. The molecular weight excluding hydrogens is 420 g/mol. The van der Waals surface area contributed by atoms with Crippen molar-refractivity contribution in [1.29, 1.82) is 0 Å². The molecule has 144 valence electrons. The van der Waals surface area contributed by atoms with Crippen LogP contribution >= 0.6 is 27.7 Å². The second-order valence-corrected chi connectivity index (χ2v) is 9.76. The van der Waals surface area contributed by atoms with Crippen LogP contribution in [0.25, 0.3) is 6.08 Å². The lowest BCUT2D eigenvalue weighted by Crippen LogP contribution is -2.41. The standard InChI is InChI=1S/C22H27BrN2OS/c23-17-13-11-16(12-14-17)15-20-21(26)25(19-9-5-2-6-10-19)22(27-20)24-18-7-3-1-4-8-18/h11-15,18-19H,1-10H2. The molecule has 2 aliphatic carbocycles. The summed E-state index contributed by atoms with van der Waals surface area (Å²) in [5.41, 5.74) is 1.07. The third-order valence-electron chi connectivity index (χ3n) is 5.81. The average molecular weight is 447 g/mol. The Morgan fingerprint density at radius 2 is 1.59 bits per heavy atom. The van der Waals surface area contributed by atoms with Gasteiger partial charge in [-0.25, -0.2) is 0 Å². The monoisotopic (exact) mass is 446 g/mol. The van der Waals surface area contributed by atoms with Crippen LogP contribution in [0.3, 0.4) is 0 Å². The maximum Gasteiger partial charge on any atom is 0.266 e. The summed E-state index contributed by atoms with van der Waals surface area (Å²) in [6.45, 7) is 0. The largest absolute Gasteiger partial charge is 0.284 e. The van der Waals surface area contributed by atoms with E-state index in [2.05, 4.69) is 15.9 Å².